The summed E-state index contributed by atoms with van der Waals surface area (Å²) in [6.45, 7) is 5.72. The molecule has 0 fully saturated rings. The zero-order chi connectivity index (χ0) is 24.8. The second kappa shape index (κ2) is 11.0. The first kappa shape index (κ1) is 24.9. The minimum Gasteiger partial charge on any atom is -0.460 e. The van der Waals surface area contributed by atoms with Crippen molar-refractivity contribution < 1.29 is 19.1 Å². The average molecular weight is 490 g/mol. The Morgan fingerprint density at radius 3 is 2.06 bits per heavy atom. The van der Waals surface area contributed by atoms with Crippen LogP contribution in [0.2, 0.25) is 0 Å². The number of hydrogen-bond donors (Lipinski definition) is 1. The van der Waals surface area contributed by atoms with Crippen LogP contribution in [0.4, 0.5) is 4.79 Å². The molecule has 3 aromatic carbocycles. The highest BCUT2D eigenvalue weighted by molar-refractivity contribution is 7.99. The number of carbonyl (C=O) groups excluding carboxylic acids is 2. The van der Waals surface area contributed by atoms with E-state index in [4.69, 9.17) is 9.47 Å². The fourth-order valence-corrected chi connectivity index (χ4v) is 5.20. The van der Waals surface area contributed by atoms with Crippen molar-refractivity contribution in [3.8, 4) is 11.1 Å². The molecule has 0 heterocycles. The second-order valence-electron chi connectivity index (χ2n) is 9.58. The smallest absolute Gasteiger partial charge is 0.407 e. The van der Waals surface area contributed by atoms with Crippen molar-refractivity contribution in [1.29, 1.82) is 0 Å². The molecule has 0 radical (unpaired) electrons. The summed E-state index contributed by atoms with van der Waals surface area (Å²) in [7, 11) is 0. The molecule has 4 rings (SSSR count). The van der Waals surface area contributed by atoms with E-state index in [0.717, 1.165) is 16.0 Å². The molecule has 6 heteroatoms. The van der Waals surface area contributed by atoms with Crippen LogP contribution >= 0.6 is 11.8 Å². The van der Waals surface area contributed by atoms with Gasteiger partial charge in [0.2, 0.25) is 0 Å². The van der Waals surface area contributed by atoms with Crippen molar-refractivity contribution in [2.75, 3.05) is 12.4 Å². The molecular formula is C29H31NO4S. The summed E-state index contributed by atoms with van der Waals surface area (Å²) >= 11 is 1.58. The molecule has 0 spiro atoms. The molecule has 0 aromatic heterocycles. The van der Waals surface area contributed by atoms with Crippen molar-refractivity contribution in [2.45, 2.75) is 49.6 Å². The largest absolute Gasteiger partial charge is 0.460 e. The van der Waals surface area contributed by atoms with E-state index in [1.54, 1.807) is 11.8 Å². The van der Waals surface area contributed by atoms with E-state index in [2.05, 4.69) is 29.6 Å². The molecule has 0 saturated heterocycles. The minimum atomic E-state index is -0.585. The predicted molar refractivity (Wildman–Crippen MR) is 140 cm³/mol. The molecule has 1 atom stereocenters. The zero-order valence-electron chi connectivity index (χ0n) is 20.3. The molecule has 1 unspecified atom stereocenters. The van der Waals surface area contributed by atoms with Crippen LogP contribution < -0.4 is 5.32 Å². The summed E-state index contributed by atoms with van der Waals surface area (Å²) < 4.78 is 11.2. The van der Waals surface area contributed by atoms with Gasteiger partial charge in [0.05, 0.1) is 12.5 Å². The van der Waals surface area contributed by atoms with Gasteiger partial charge in [-0.25, -0.2) is 4.79 Å². The maximum Gasteiger partial charge on any atom is 0.407 e. The van der Waals surface area contributed by atoms with Crippen molar-refractivity contribution in [3.63, 3.8) is 0 Å². The van der Waals surface area contributed by atoms with Gasteiger partial charge in [0.15, 0.2) is 0 Å². The lowest BCUT2D eigenvalue weighted by atomic mass is 9.98. The Balaban J connectivity index is 1.40. The molecular weight excluding hydrogens is 458 g/mol. The first-order chi connectivity index (χ1) is 16.8. The monoisotopic (exact) mass is 489 g/mol. The van der Waals surface area contributed by atoms with Crippen LogP contribution in [-0.2, 0) is 14.3 Å². The topological polar surface area (TPSA) is 64.6 Å². The number of carbonyl (C=O) groups is 2. The van der Waals surface area contributed by atoms with E-state index in [9.17, 15) is 9.59 Å². The number of fused-ring (bicyclic) bond motifs is 3. The second-order valence-corrected chi connectivity index (χ2v) is 10.7. The van der Waals surface area contributed by atoms with Gasteiger partial charge in [-0.05, 0) is 55.2 Å². The van der Waals surface area contributed by atoms with Crippen LogP contribution in [0, 0.1) is 0 Å². The van der Waals surface area contributed by atoms with E-state index in [-0.39, 0.29) is 24.9 Å². The molecule has 1 amide bonds. The molecule has 0 bridgehead atoms. The Hall–Kier alpha value is -3.25. The first-order valence-corrected chi connectivity index (χ1v) is 12.8. The quantitative estimate of drug-likeness (QED) is 0.292. The summed E-state index contributed by atoms with van der Waals surface area (Å²) in [6, 6.07) is 25.9. The lowest BCUT2D eigenvalue weighted by Crippen LogP contribution is -2.40. The fourth-order valence-electron chi connectivity index (χ4n) is 4.26. The number of esters is 1. The van der Waals surface area contributed by atoms with Crippen LogP contribution in [0.1, 0.15) is 44.2 Å². The van der Waals surface area contributed by atoms with Gasteiger partial charge in [-0.3, -0.25) is 4.79 Å². The number of benzene rings is 3. The van der Waals surface area contributed by atoms with Crippen LogP contribution in [0.25, 0.3) is 11.1 Å². The number of alkyl carbamates (subject to hydrolysis) is 1. The third kappa shape index (κ3) is 6.67. The van der Waals surface area contributed by atoms with Gasteiger partial charge in [-0.1, -0.05) is 66.7 Å². The highest BCUT2D eigenvalue weighted by Gasteiger charge is 2.29. The minimum absolute atomic E-state index is 0.0175. The van der Waals surface area contributed by atoms with E-state index < -0.39 is 17.7 Å². The Morgan fingerprint density at radius 1 is 0.886 bits per heavy atom. The van der Waals surface area contributed by atoms with Crippen molar-refractivity contribution in [2.24, 2.45) is 0 Å². The third-order valence-electron chi connectivity index (χ3n) is 5.69. The van der Waals surface area contributed by atoms with Crippen LogP contribution in [0.5, 0.6) is 0 Å². The van der Waals surface area contributed by atoms with Crippen molar-refractivity contribution in [1.82, 2.24) is 5.32 Å². The van der Waals surface area contributed by atoms with Crippen LogP contribution in [0.15, 0.2) is 83.8 Å². The Labute approximate surface area is 211 Å². The maximum absolute atomic E-state index is 12.8. The molecule has 1 aliphatic carbocycles. The van der Waals surface area contributed by atoms with Crippen molar-refractivity contribution >= 4 is 23.8 Å². The Bertz CT molecular complexity index is 1130. The van der Waals surface area contributed by atoms with Gasteiger partial charge in [-0.15, -0.1) is 11.8 Å². The molecule has 182 valence electrons. The van der Waals surface area contributed by atoms with E-state index in [1.807, 2.05) is 75.4 Å². The van der Waals surface area contributed by atoms with Gasteiger partial charge in [0, 0.05) is 16.6 Å². The first-order valence-electron chi connectivity index (χ1n) is 11.8. The normalized spacial score (nSPS) is 13.5. The molecule has 3 aromatic rings. The number of nitrogens with one attached hydrogen (secondary N) is 1. The summed E-state index contributed by atoms with van der Waals surface area (Å²) in [5.41, 5.74) is 4.09. The molecule has 35 heavy (non-hydrogen) atoms. The lowest BCUT2D eigenvalue weighted by molar-refractivity contribution is -0.155. The fraction of sp³-hybridized carbons (Fsp3) is 0.310. The standard InChI is InChI=1S/C29H31NO4S/c1-29(2,3)34-27(31)17-20(19-35-21-11-5-4-6-12-21)30-28(32)33-18-26-24-15-9-7-13-22(24)23-14-8-10-16-25(23)26/h4-16,20,26H,17-19H2,1-3H3,(H,30,32). The molecule has 1 N–H and O–H groups in total. The number of ether oxygens (including phenoxy) is 2. The van der Waals surface area contributed by atoms with Crippen LogP contribution in [0.3, 0.4) is 0 Å². The van der Waals surface area contributed by atoms with E-state index >= 15 is 0 Å². The maximum atomic E-state index is 12.8. The summed E-state index contributed by atoms with van der Waals surface area (Å²) in [5, 5.41) is 2.89. The molecule has 0 aliphatic heterocycles. The lowest BCUT2D eigenvalue weighted by Gasteiger charge is -2.23. The Morgan fingerprint density at radius 2 is 1.46 bits per heavy atom. The number of hydrogen-bond acceptors (Lipinski definition) is 5. The van der Waals surface area contributed by atoms with Gasteiger partial charge >= 0.3 is 12.1 Å². The highest BCUT2D eigenvalue weighted by atomic mass is 32.2. The van der Waals surface area contributed by atoms with Gasteiger partial charge in [0.25, 0.3) is 0 Å². The Kier molecular flexibility index (Phi) is 7.81. The van der Waals surface area contributed by atoms with E-state index in [0.29, 0.717) is 5.75 Å². The average Bonchev–Trinajstić information content (AvgIpc) is 3.14. The van der Waals surface area contributed by atoms with E-state index in [1.165, 1.54) is 11.1 Å². The SMILES string of the molecule is CC(C)(C)OC(=O)CC(CSc1ccccc1)NC(=O)OCC1c2ccccc2-c2ccccc21. The highest BCUT2D eigenvalue weighted by Crippen LogP contribution is 2.44. The summed E-state index contributed by atoms with van der Waals surface area (Å²) in [4.78, 5) is 26.4. The van der Waals surface area contributed by atoms with Gasteiger partial charge in [0.1, 0.15) is 12.2 Å². The molecule has 0 saturated carbocycles. The number of amides is 1. The zero-order valence-corrected chi connectivity index (χ0v) is 21.1. The number of rotatable bonds is 8. The predicted octanol–water partition coefficient (Wildman–Crippen LogP) is 6.42. The van der Waals surface area contributed by atoms with Gasteiger partial charge in [-0.2, -0.15) is 0 Å². The van der Waals surface area contributed by atoms with Gasteiger partial charge < -0.3 is 14.8 Å². The third-order valence-corrected chi connectivity index (χ3v) is 6.87. The molecule has 5 nitrogen and oxygen atoms in total. The summed E-state index contributed by atoms with van der Waals surface area (Å²) in [5.74, 6) is 0.152. The van der Waals surface area contributed by atoms with Crippen LogP contribution in [-0.4, -0.2) is 36.1 Å². The number of thioether (sulfide) groups is 1. The summed E-state index contributed by atoms with van der Waals surface area (Å²) in [6.07, 6.45) is -0.463. The molecule has 1 aliphatic rings. The van der Waals surface area contributed by atoms with Crippen molar-refractivity contribution in [3.05, 3.63) is 90.0 Å².